The Morgan fingerprint density at radius 2 is 2.47 bits per heavy atom. The van der Waals surface area contributed by atoms with Gasteiger partial charge in [-0.3, -0.25) is 4.79 Å². The summed E-state index contributed by atoms with van der Waals surface area (Å²) in [7, 11) is 1.49. The van der Waals surface area contributed by atoms with Crippen molar-refractivity contribution >= 4 is 29.1 Å². The molecule has 0 spiro atoms. The zero-order valence-electron chi connectivity index (χ0n) is 8.81. The molecule has 0 saturated heterocycles. The number of carbonyl (C=O) groups is 1. The van der Waals surface area contributed by atoms with Gasteiger partial charge in [0.05, 0.1) is 6.61 Å². The fraction of sp³-hybridized carbons (Fsp3) is 0.556. The molecule has 1 unspecified atom stereocenters. The molecule has 0 radical (unpaired) electrons. The molecular weight excluding hydrogens is 234 g/mol. The standard InChI is InChI=1S/C9H13NO3S2/c1-6-4-14-8(10-6)15-9(2,5-13-3)7(11)12/h4H,5H2,1-3H3,(H,11,12). The highest BCUT2D eigenvalue weighted by Gasteiger charge is 2.35. The maximum atomic E-state index is 11.1. The molecule has 6 heteroatoms. The summed E-state index contributed by atoms with van der Waals surface area (Å²) in [6, 6.07) is 0. The Kier molecular flexibility index (Phi) is 4.12. The van der Waals surface area contributed by atoms with Gasteiger partial charge in [0.25, 0.3) is 0 Å². The van der Waals surface area contributed by atoms with E-state index < -0.39 is 10.7 Å². The first-order chi connectivity index (χ1) is 6.98. The number of thiazole rings is 1. The number of methoxy groups -OCH3 is 1. The van der Waals surface area contributed by atoms with Crippen molar-refractivity contribution in [3.63, 3.8) is 0 Å². The molecule has 1 atom stereocenters. The SMILES string of the molecule is COCC(C)(Sc1nc(C)cs1)C(=O)O. The number of thioether (sulfide) groups is 1. The van der Waals surface area contributed by atoms with Crippen LogP contribution in [0.25, 0.3) is 0 Å². The molecule has 4 nitrogen and oxygen atoms in total. The number of aromatic nitrogens is 1. The zero-order valence-corrected chi connectivity index (χ0v) is 10.4. The van der Waals surface area contributed by atoms with Gasteiger partial charge in [0.1, 0.15) is 4.75 Å². The fourth-order valence-electron chi connectivity index (χ4n) is 0.982. The Hall–Kier alpha value is -0.590. The molecule has 1 heterocycles. The van der Waals surface area contributed by atoms with Crippen LogP contribution in [0.2, 0.25) is 0 Å². The number of carboxylic acids is 1. The van der Waals surface area contributed by atoms with E-state index in [1.807, 2.05) is 12.3 Å². The third kappa shape index (κ3) is 3.19. The first-order valence-corrected chi connectivity index (χ1v) is 6.01. The van der Waals surface area contributed by atoms with E-state index in [1.54, 1.807) is 6.92 Å². The number of hydrogen-bond acceptors (Lipinski definition) is 5. The van der Waals surface area contributed by atoms with Gasteiger partial charge in [-0.25, -0.2) is 4.98 Å². The van der Waals surface area contributed by atoms with Gasteiger partial charge >= 0.3 is 5.97 Å². The minimum absolute atomic E-state index is 0.158. The van der Waals surface area contributed by atoms with E-state index >= 15 is 0 Å². The normalized spacial score (nSPS) is 14.9. The van der Waals surface area contributed by atoms with Gasteiger partial charge in [-0.1, -0.05) is 11.8 Å². The van der Waals surface area contributed by atoms with E-state index in [-0.39, 0.29) is 6.61 Å². The summed E-state index contributed by atoms with van der Waals surface area (Å²) >= 11 is 2.68. The molecule has 1 rings (SSSR count). The van der Waals surface area contributed by atoms with Crippen LogP contribution in [0.15, 0.2) is 9.72 Å². The number of hydrogen-bond donors (Lipinski definition) is 1. The average Bonchev–Trinajstić information content (AvgIpc) is 2.51. The molecule has 1 aromatic rings. The van der Waals surface area contributed by atoms with E-state index in [1.165, 1.54) is 30.2 Å². The van der Waals surface area contributed by atoms with E-state index in [0.717, 1.165) is 10.0 Å². The molecule has 0 amide bonds. The minimum atomic E-state index is -0.973. The lowest BCUT2D eigenvalue weighted by Crippen LogP contribution is -2.36. The second kappa shape index (κ2) is 4.96. The Bertz CT molecular complexity index is 353. The number of aryl methyl sites for hydroxylation is 1. The van der Waals surface area contributed by atoms with Crippen LogP contribution >= 0.6 is 23.1 Å². The van der Waals surface area contributed by atoms with Crippen molar-refractivity contribution < 1.29 is 14.6 Å². The number of nitrogens with zero attached hydrogens (tertiary/aromatic N) is 1. The van der Waals surface area contributed by atoms with Gasteiger partial charge in [0.2, 0.25) is 0 Å². The second-order valence-electron chi connectivity index (χ2n) is 3.33. The summed E-state index contributed by atoms with van der Waals surface area (Å²) < 4.78 is 4.71. The first-order valence-electron chi connectivity index (χ1n) is 4.31. The molecule has 0 aromatic carbocycles. The van der Waals surface area contributed by atoms with Gasteiger partial charge in [-0.2, -0.15) is 0 Å². The van der Waals surface area contributed by atoms with Gasteiger partial charge in [-0.15, -0.1) is 11.3 Å². The molecule has 15 heavy (non-hydrogen) atoms. The first kappa shape index (κ1) is 12.5. The Balaban J connectivity index is 2.79. The van der Waals surface area contributed by atoms with Crippen LogP contribution in [0.4, 0.5) is 0 Å². The third-order valence-corrected chi connectivity index (χ3v) is 4.08. The fourth-order valence-corrected chi connectivity index (χ4v) is 3.23. The van der Waals surface area contributed by atoms with Gasteiger partial charge in [0.15, 0.2) is 4.34 Å². The van der Waals surface area contributed by atoms with Crippen LogP contribution in [0.5, 0.6) is 0 Å². The third-order valence-electron chi connectivity index (χ3n) is 1.78. The van der Waals surface area contributed by atoms with Crippen LogP contribution in [-0.2, 0) is 9.53 Å². The van der Waals surface area contributed by atoms with Crippen LogP contribution in [0.3, 0.4) is 0 Å². The van der Waals surface area contributed by atoms with Crippen molar-refractivity contribution in [1.82, 2.24) is 4.98 Å². The lowest BCUT2D eigenvalue weighted by atomic mass is 10.2. The van der Waals surface area contributed by atoms with Gasteiger partial charge in [0, 0.05) is 18.2 Å². The highest BCUT2D eigenvalue weighted by molar-refractivity contribution is 8.03. The number of carboxylic acid groups (broad SMARTS) is 1. The van der Waals surface area contributed by atoms with E-state index in [2.05, 4.69) is 4.98 Å². The molecule has 0 aliphatic heterocycles. The monoisotopic (exact) mass is 247 g/mol. The van der Waals surface area contributed by atoms with E-state index in [0.29, 0.717) is 0 Å². The maximum Gasteiger partial charge on any atom is 0.322 e. The molecule has 0 aliphatic rings. The van der Waals surface area contributed by atoms with Crippen LogP contribution in [0, 0.1) is 6.92 Å². The minimum Gasteiger partial charge on any atom is -0.480 e. The highest BCUT2D eigenvalue weighted by atomic mass is 32.2. The lowest BCUT2D eigenvalue weighted by Gasteiger charge is -2.21. The van der Waals surface area contributed by atoms with Crippen LogP contribution < -0.4 is 0 Å². The molecule has 0 fully saturated rings. The molecule has 0 saturated carbocycles. The molecule has 1 aromatic heterocycles. The summed E-state index contributed by atoms with van der Waals surface area (Å²) in [6.45, 7) is 3.68. The van der Waals surface area contributed by atoms with Crippen LogP contribution in [0.1, 0.15) is 12.6 Å². The number of ether oxygens (including phenoxy) is 1. The van der Waals surface area contributed by atoms with Crippen molar-refractivity contribution in [1.29, 1.82) is 0 Å². The summed E-state index contributed by atoms with van der Waals surface area (Å²) in [6.07, 6.45) is 0. The van der Waals surface area contributed by atoms with E-state index in [9.17, 15) is 4.79 Å². The van der Waals surface area contributed by atoms with Crippen molar-refractivity contribution in [2.24, 2.45) is 0 Å². The molecule has 0 aliphatic carbocycles. The number of rotatable bonds is 5. The highest BCUT2D eigenvalue weighted by Crippen LogP contribution is 2.35. The van der Waals surface area contributed by atoms with Gasteiger partial charge < -0.3 is 9.84 Å². The molecule has 84 valence electrons. The molecule has 0 bridgehead atoms. The predicted molar refractivity (Wildman–Crippen MR) is 60.6 cm³/mol. The second-order valence-corrected chi connectivity index (χ2v) is 5.93. The summed E-state index contributed by atoms with van der Waals surface area (Å²) in [4.78, 5) is 15.3. The Morgan fingerprint density at radius 1 is 1.80 bits per heavy atom. The Morgan fingerprint density at radius 3 is 2.87 bits per heavy atom. The summed E-state index contributed by atoms with van der Waals surface area (Å²) in [5.41, 5.74) is 0.910. The topological polar surface area (TPSA) is 59.4 Å². The largest absolute Gasteiger partial charge is 0.480 e. The molecular formula is C9H13NO3S2. The lowest BCUT2D eigenvalue weighted by molar-refractivity contribution is -0.140. The average molecular weight is 247 g/mol. The van der Waals surface area contributed by atoms with Gasteiger partial charge in [-0.05, 0) is 13.8 Å². The van der Waals surface area contributed by atoms with Crippen molar-refractivity contribution in [3.05, 3.63) is 11.1 Å². The molecule has 1 N–H and O–H groups in total. The zero-order chi connectivity index (χ0) is 11.5. The summed E-state index contributed by atoms with van der Waals surface area (Å²) in [5, 5.41) is 11.0. The van der Waals surface area contributed by atoms with Crippen LogP contribution in [-0.4, -0.2) is 34.5 Å². The van der Waals surface area contributed by atoms with Crippen molar-refractivity contribution in [2.45, 2.75) is 22.9 Å². The van der Waals surface area contributed by atoms with Crippen molar-refractivity contribution in [2.75, 3.05) is 13.7 Å². The quantitative estimate of drug-likeness (QED) is 0.807. The smallest absolute Gasteiger partial charge is 0.322 e. The predicted octanol–water partition coefficient (Wildman–Crippen LogP) is 2.03. The summed E-state index contributed by atoms with van der Waals surface area (Å²) in [5.74, 6) is -0.887. The maximum absolute atomic E-state index is 11.1. The number of aliphatic carboxylic acids is 1. The van der Waals surface area contributed by atoms with Crippen molar-refractivity contribution in [3.8, 4) is 0 Å². The Labute approximate surface area is 96.7 Å². The van der Waals surface area contributed by atoms with E-state index in [4.69, 9.17) is 9.84 Å².